The standard InChI is InChI=1S/C9H16ClN/c1-7(10)9(11)6-8-4-2-3-5-8/h4,7,9H,2-3,5-6,11H2,1H3/t7?,9-/m0/s1. The van der Waals surface area contributed by atoms with Gasteiger partial charge in [-0.25, -0.2) is 0 Å². The molecule has 1 nitrogen and oxygen atoms in total. The second kappa shape index (κ2) is 4.13. The molecule has 11 heavy (non-hydrogen) atoms. The third kappa shape index (κ3) is 2.84. The number of halogens is 1. The van der Waals surface area contributed by atoms with Crippen LogP contribution >= 0.6 is 11.6 Å². The van der Waals surface area contributed by atoms with Crippen LogP contribution in [0.5, 0.6) is 0 Å². The van der Waals surface area contributed by atoms with Gasteiger partial charge in [0.05, 0.1) is 0 Å². The molecule has 0 aromatic heterocycles. The summed E-state index contributed by atoms with van der Waals surface area (Å²) in [6.07, 6.45) is 7.07. The average molecular weight is 174 g/mol. The molecule has 0 radical (unpaired) electrons. The van der Waals surface area contributed by atoms with Gasteiger partial charge in [0, 0.05) is 11.4 Å². The van der Waals surface area contributed by atoms with Crippen LogP contribution in [0, 0.1) is 0 Å². The van der Waals surface area contributed by atoms with Gasteiger partial charge in [0.2, 0.25) is 0 Å². The van der Waals surface area contributed by atoms with Crippen molar-refractivity contribution in [2.45, 2.75) is 44.0 Å². The number of allylic oxidation sites excluding steroid dienone is 1. The first-order chi connectivity index (χ1) is 5.20. The Bertz CT molecular complexity index is 152. The molecule has 1 unspecified atom stereocenters. The van der Waals surface area contributed by atoms with Crippen LogP contribution < -0.4 is 5.73 Å². The normalized spacial score (nSPS) is 23.0. The summed E-state index contributed by atoms with van der Waals surface area (Å²) in [5.74, 6) is 0. The van der Waals surface area contributed by atoms with Gasteiger partial charge in [0.1, 0.15) is 0 Å². The van der Waals surface area contributed by atoms with E-state index in [1.165, 1.54) is 24.8 Å². The zero-order valence-electron chi connectivity index (χ0n) is 7.02. The lowest BCUT2D eigenvalue weighted by molar-refractivity contribution is 0.639. The van der Waals surface area contributed by atoms with Crippen molar-refractivity contribution in [1.29, 1.82) is 0 Å². The molecule has 2 N–H and O–H groups in total. The van der Waals surface area contributed by atoms with Crippen molar-refractivity contribution in [3.63, 3.8) is 0 Å². The van der Waals surface area contributed by atoms with E-state index in [0.717, 1.165) is 6.42 Å². The molecular weight excluding hydrogens is 158 g/mol. The monoisotopic (exact) mass is 173 g/mol. The molecule has 0 saturated carbocycles. The smallest absolute Gasteiger partial charge is 0.0462 e. The van der Waals surface area contributed by atoms with E-state index in [1.54, 1.807) is 0 Å². The van der Waals surface area contributed by atoms with Crippen molar-refractivity contribution in [2.24, 2.45) is 5.73 Å². The highest BCUT2D eigenvalue weighted by Crippen LogP contribution is 2.22. The Hall–Kier alpha value is -0.0100. The van der Waals surface area contributed by atoms with E-state index in [-0.39, 0.29) is 11.4 Å². The Kier molecular flexibility index (Phi) is 3.41. The third-order valence-electron chi connectivity index (χ3n) is 2.22. The summed E-state index contributed by atoms with van der Waals surface area (Å²) in [7, 11) is 0. The van der Waals surface area contributed by atoms with Crippen molar-refractivity contribution >= 4 is 11.6 Å². The fourth-order valence-electron chi connectivity index (χ4n) is 1.39. The van der Waals surface area contributed by atoms with Crippen molar-refractivity contribution in [3.8, 4) is 0 Å². The Morgan fingerprint density at radius 1 is 1.73 bits per heavy atom. The Morgan fingerprint density at radius 2 is 2.45 bits per heavy atom. The molecule has 0 aromatic rings. The average Bonchev–Trinajstić information content (AvgIpc) is 2.39. The van der Waals surface area contributed by atoms with E-state index >= 15 is 0 Å². The zero-order chi connectivity index (χ0) is 8.27. The van der Waals surface area contributed by atoms with Crippen LogP contribution in [0.2, 0.25) is 0 Å². The summed E-state index contributed by atoms with van der Waals surface area (Å²) in [6, 6.07) is 0.140. The van der Waals surface area contributed by atoms with Crippen molar-refractivity contribution in [2.75, 3.05) is 0 Å². The maximum absolute atomic E-state index is 5.85. The topological polar surface area (TPSA) is 26.0 Å². The lowest BCUT2D eigenvalue weighted by Crippen LogP contribution is -2.28. The maximum Gasteiger partial charge on any atom is 0.0462 e. The Balaban J connectivity index is 2.29. The molecule has 0 aliphatic heterocycles. The Labute approximate surface area is 73.6 Å². The highest BCUT2D eigenvalue weighted by molar-refractivity contribution is 6.20. The van der Waals surface area contributed by atoms with Crippen LogP contribution in [0.15, 0.2) is 11.6 Å². The van der Waals surface area contributed by atoms with Gasteiger partial charge >= 0.3 is 0 Å². The van der Waals surface area contributed by atoms with Gasteiger partial charge in [-0.1, -0.05) is 11.6 Å². The molecule has 0 heterocycles. The van der Waals surface area contributed by atoms with Gasteiger partial charge < -0.3 is 5.73 Å². The number of hydrogen-bond acceptors (Lipinski definition) is 1. The molecule has 0 bridgehead atoms. The number of alkyl halides is 1. The molecule has 0 aromatic carbocycles. The van der Waals surface area contributed by atoms with Crippen LogP contribution in [0.3, 0.4) is 0 Å². The van der Waals surface area contributed by atoms with E-state index in [2.05, 4.69) is 6.08 Å². The van der Waals surface area contributed by atoms with Gasteiger partial charge in [-0.05, 0) is 32.6 Å². The summed E-state index contributed by atoms with van der Waals surface area (Å²) in [5, 5.41) is 0.0940. The number of nitrogens with two attached hydrogens (primary N) is 1. The van der Waals surface area contributed by atoms with Crippen LogP contribution in [-0.2, 0) is 0 Å². The van der Waals surface area contributed by atoms with E-state index in [9.17, 15) is 0 Å². The first-order valence-corrected chi connectivity index (χ1v) is 4.71. The van der Waals surface area contributed by atoms with Crippen LogP contribution in [0.25, 0.3) is 0 Å². The summed E-state index contributed by atoms with van der Waals surface area (Å²) in [5.41, 5.74) is 7.33. The SMILES string of the molecule is CC(Cl)[C@@H](N)CC1=CCCC1. The molecule has 1 rings (SSSR count). The highest BCUT2D eigenvalue weighted by Gasteiger charge is 2.13. The lowest BCUT2D eigenvalue weighted by atomic mass is 10.0. The molecule has 0 spiro atoms. The molecule has 2 atom stereocenters. The first kappa shape index (κ1) is 9.08. The number of rotatable bonds is 3. The minimum absolute atomic E-state index is 0.0940. The molecule has 0 saturated heterocycles. The quantitative estimate of drug-likeness (QED) is 0.515. The third-order valence-corrected chi connectivity index (χ3v) is 2.55. The van der Waals surface area contributed by atoms with E-state index in [1.807, 2.05) is 6.92 Å². The predicted molar refractivity (Wildman–Crippen MR) is 49.8 cm³/mol. The number of hydrogen-bond donors (Lipinski definition) is 1. The molecular formula is C9H16ClN. The highest BCUT2D eigenvalue weighted by atomic mass is 35.5. The molecule has 64 valence electrons. The maximum atomic E-state index is 5.85. The zero-order valence-corrected chi connectivity index (χ0v) is 7.77. The molecule has 0 fully saturated rings. The van der Waals surface area contributed by atoms with E-state index < -0.39 is 0 Å². The summed E-state index contributed by atoms with van der Waals surface area (Å²) >= 11 is 5.85. The van der Waals surface area contributed by atoms with Crippen LogP contribution in [-0.4, -0.2) is 11.4 Å². The molecule has 1 aliphatic carbocycles. The molecule has 0 amide bonds. The fourth-order valence-corrected chi connectivity index (χ4v) is 1.48. The largest absolute Gasteiger partial charge is 0.326 e. The van der Waals surface area contributed by atoms with Crippen molar-refractivity contribution in [3.05, 3.63) is 11.6 Å². The van der Waals surface area contributed by atoms with Gasteiger partial charge in [0.15, 0.2) is 0 Å². The van der Waals surface area contributed by atoms with Crippen molar-refractivity contribution in [1.82, 2.24) is 0 Å². The van der Waals surface area contributed by atoms with Gasteiger partial charge in [0.25, 0.3) is 0 Å². The summed E-state index contributed by atoms with van der Waals surface area (Å²) < 4.78 is 0. The van der Waals surface area contributed by atoms with Gasteiger partial charge in [-0.3, -0.25) is 0 Å². The van der Waals surface area contributed by atoms with E-state index in [4.69, 9.17) is 17.3 Å². The second-order valence-electron chi connectivity index (χ2n) is 3.30. The van der Waals surface area contributed by atoms with E-state index in [0.29, 0.717) is 0 Å². The van der Waals surface area contributed by atoms with Crippen LogP contribution in [0.4, 0.5) is 0 Å². The second-order valence-corrected chi connectivity index (χ2v) is 3.99. The summed E-state index contributed by atoms with van der Waals surface area (Å²) in [6.45, 7) is 1.96. The molecule has 2 heteroatoms. The molecule has 1 aliphatic rings. The lowest BCUT2D eigenvalue weighted by Gasteiger charge is -2.13. The van der Waals surface area contributed by atoms with Crippen molar-refractivity contribution < 1.29 is 0 Å². The minimum atomic E-state index is 0.0940. The van der Waals surface area contributed by atoms with Gasteiger partial charge in [-0.15, -0.1) is 11.6 Å². The fraction of sp³-hybridized carbons (Fsp3) is 0.778. The summed E-state index contributed by atoms with van der Waals surface area (Å²) in [4.78, 5) is 0. The van der Waals surface area contributed by atoms with Crippen LogP contribution in [0.1, 0.15) is 32.6 Å². The first-order valence-electron chi connectivity index (χ1n) is 4.27. The minimum Gasteiger partial charge on any atom is -0.326 e. The van der Waals surface area contributed by atoms with Gasteiger partial charge in [-0.2, -0.15) is 0 Å². The predicted octanol–water partition coefficient (Wildman–Crippen LogP) is 2.44. The Morgan fingerprint density at radius 3 is 2.91 bits per heavy atom.